The molecule has 0 saturated carbocycles. The van der Waals surface area contributed by atoms with Crippen LogP contribution in [-0.4, -0.2) is 5.75 Å². The third-order valence-corrected chi connectivity index (χ3v) is 6.20. The average Bonchev–Trinajstić information content (AvgIpc) is 2.77. The average molecular weight is 336 g/mol. The topological polar surface area (TPSA) is 0 Å². The zero-order valence-corrected chi connectivity index (χ0v) is 12.6. The first-order valence-corrected chi connectivity index (χ1v) is 7.60. The van der Waals surface area contributed by atoms with Crippen LogP contribution < -0.4 is 0 Å². The van der Waals surface area contributed by atoms with Gasteiger partial charge in [-0.25, -0.2) is 0 Å². The molecule has 6 heteroatoms. The summed E-state index contributed by atoms with van der Waals surface area (Å²) in [6.07, 6.45) is 2.19. The summed E-state index contributed by atoms with van der Waals surface area (Å²) < 4.78 is 0. The lowest BCUT2D eigenvalue weighted by atomic mass is 10.1. The molecule has 16 heavy (non-hydrogen) atoms. The van der Waals surface area contributed by atoms with Gasteiger partial charge in [0, 0.05) is 10.8 Å². The van der Waals surface area contributed by atoms with Gasteiger partial charge in [-0.1, -0.05) is 58.0 Å². The van der Waals surface area contributed by atoms with Crippen LogP contribution in [0.1, 0.15) is 23.7 Å². The van der Waals surface area contributed by atoms with Crippen LogP contribution >= 0.6 is 69.8 Å². The maximum absolute atomic E-state index is 6.18. The summed E-state index contributed by atoms with van der Waals surface area (Å²) in [5.74, 6) is 1.11. The molecule has 1 unspecified atom stereocenters. The Morgan fingerprint density at radius 2 is 1.31 bits per heavy atom. The first-order chi connectivity index (χ1) is 7.54. The fourth-order valence-corrected chi connectivity index (χ4v) is 4.61. The molecule has 88 valence electrons. The minimum atomic E-state index is 0.227. The van der Waals surface area contributed by atoms with Crippen molar-refractivity contribution < 1.29 is 0 Å². The van der Waals surface area contributed by atoms with Gasteiger partial charge in [0.25, 0.3) is 0 Å². The van der Waals surface area contributed by atoms with Crippen molar-refractivity contribution in [3.05, 3.63) is 30.7 Å². The molecule has 0 radical (unpaired) electrons. The van der Waals surface area contributed by atoms with Crippen molar-refractivity contribution in [3.63, 3.8) is 0 Å². The number of hydrogen-bond acceptors (Lipinski definition) is 1. The Morgan fingerprint density at radius 1 is 0.812 bits per heavy atom. The van der Waals surface area contributed by atoms with Crippen LogP contribution in [0.15, 0.2) is 0 Å². The second kappa shape index (κ2) is 5.34. The van der Waals surface area contributed by atoms with Crippen LogP contribution in [-0.2, 0) is 0 Å². The van der Waals surface area contributed by atoms with E-state index in [2.05, 4.69) is 0 Å². The molecule has 1 aromatic carbocycles. The van der Waals surface area contributed by atoms with E-state index >= 15 is 0 Å². The third kappa shape index (κ3) is 2.28. The fraction of sp³-hybridized carbons (Fsp3) is 0.400. The zero-order valence-electron chi connectivity index (χ0n) is 8.00. The van der Waals surface area contributed by atoms with E-state index in [1.807, 2.05) is 11.8 Å². The van der Waals surface area contributed by atoms with Gasteiger partial charge in [-0.15, -0.1) is 0 Å². The van der Waals surface area contributed by atoms with Gasteiger partial charge in [0.1, 0.15) is 0 Å². The number of halogens is 5. The van der Waals surface area contributed by atoms with Crippen molar-refractivity contribution in [2.24, 2.45) is 0 Å². The van der Waals surface area contributed by atoms with Crippen LogP contribution in [0, 0.1) is 0 Å². The maximum Gasteiger partial charge on any atom is 0.0809 e. The lowest BCUT2D eigenvalue weighted by molar-refractivity contribution is 0.830. The van der Waals surface area contributed by atoms with Crippen molar-refractivity contribution in [3.8, 4) is 0 Å². The van der Waals surface area contributed by atoms with Crippen molar-refractivity contribution in [1.29, 1.82) is 0 Å². The highest BCUT2D eigenvalue weighted by Crippen LogP contribution is 2.51. The molecule has 1 saturated heterocycles. The zero-order chi connectivity index (χ0) is 11.9. The monoisotopic (exact) mass is 334 g/mol. The maximum atomic E-state index is 6.18. The van der Waals surface area contributed by atoms with E-state index < -0.39 is 0 Å². The predicted octanol–water partition coefficient (Wildman–Crippen LogP) is 6.52. The molecule has 0 aliphatic carbocycles. The highest BCUT2D eigenvalue weighted by Gasteiger charge is 2.27. The Balaban J connectivity index is 2.59. The molecule has 2 rings (SSSR count). The standard InChI is InChI=1S/C10H7Cl5S/c11-6-5(4-2-1-3-16-4)7(12)9(14)10(15)8(6)13/h4H,1-3H2. The normalized spacial score (nSPS) is 20.4. The Morgan fingerprint density at radius 3 is 1.75 bits per heavy atom. The molecule has 0 bridgehead atoms. The Labute approximate surface area is 124 Å². The van der Waals surface area contributed by atoms with Gasteiger partial charge >= 0.3 is 0 Å². The van der Waals surface area contributed by atoms with Gasteiger partial charge in [-0.2, -0.15) is 11.8 Å². The van der Waals surface area contributed by atoms with E-state index in [9.17, 15) is 0 Å². The molecule has 1 fully saturated rings. The van der Waals surface area contributed by atoms with E-state index in [-0.39, 0.29) is 10.3 Å². The van der Waals surface area contributed by atoms with Crippen LogP contribution in [0.25, 0.3) is 0 Å². The van der Waals surface area contributed by atoms with Crippen molar-refractivity contribution in [2.45, 2.75) is 18.1 Å². The molecule has 0 nitrogen and oxygen atoms in total. The summed E-state index contributed by atoms with van der Waals surface area (Å²) in [7, 11) is 0. The molecule has 0 amide bonds. The minimum Gasteiger partial charge on any atom is -0.154 e. The molecule has 1 aromatic rings. The largest absolute Gasteiger partial charge is 0.154 e. The van der Waals surface area contributed by atoms with Crippen LogP contribution in [0.4, 0.5) is 0 Å². The van der Waals surface area contributed by atoms with Gasteiger partial charge in [0.15, 0.2) is 0 Å². The molecular formula is C10H7Cl5S. The molecule has 1 aliphatic rings. The summed E-state index contributed by atoms with van der Waals surface area (Å²) in [6.45, 7) is 0. The van der Waals surface area contributed by atoms with Crippen LogP contribution in [0.3, 0.4) is 0 Å². The van der Waals surface area contributed by atoms with Crippen molar-refractivity contribution in [2.75, 3.05) is 5.75 Å². The van der Waals surface area contributed by atoms with Gasteiger partial charge in [-0.05, 0) is 18.6 Å². The van der Waals surface area contributed by atoms with E-state index in [0.29, 0.717) is 20.1 Å². The lowest BCUT2D eigenvalue weighted by Gasteiger charge is -2.16. The summed E-state index contributed by atoms with van der Waals surface area (Å²) in [4.78, 5) is 0. The summed E-state index contributed by atoms with van der Waals surface area (Å²) in [6, 6.07) is 0. The van der Waals surface area contributed by atoms with Crippen molar-refractivity contribution in [1.82, 2.24) is 0 Å². The van der Waals surface area contributed by atoms with Crippen LogP contribution in [0.5, 0.6) is 0 Å². The molecule has 0 N–H and O–H groups in total. The van der Waals surface area contributed by atoms with Crippen LogP contribution in [0.2, 0.25) is 25.1 Å². The van der Waals surface area contributed by atoms with Gasteiger partial charge in [0.2, 0.25) is 0 Å². The van der Waals surface area contributed by atoms with E-state index in [1.165, 1.54) is 0 Å². The van der Waals surface area contributed by atoms with E-state index in [0.717, 1.165) is 24.2 Å². The Kier molecular flexibility index (Phi) is 4.49. The molecule has 1 atom stereocenters. The quantitative estimate of drug-likeness (QED) is 0.415. The lowest BCUT2D eigenvalue weighted by Crippen LogP contribution is -1.94. The summed E-state index contributed by atoms with van der Waals surface area (Å²) >= 11 is 32.2. The van der Waals surface area contributed by atoms with Gasteiger partial charge in [-0.3, -0.25) is 0 Å². The minimum absolute atomic E-state index is 0.227. The molecule has 1 aliphatic heterocycles. The second-order valence-electron chi connectivity index (χ2n) is 3.49. The van der Waals surface area contributed by atoms with E-state index in [4.69, 9.17) is 58.0 Å². The smallest absolute Gasteiger partial charge is 0.0809 e. The molecule has 0 spiro atoms. The number of benzene rings is 1. The Bertz CT molecular complexity index is 397. The number of thioether (sulfide) groups is 1. The highest BCUT2D eigenvalue weighted by molar-refractivity contribution is 7.99. The summed E-state index contributed by atoms with van der Waals surface area (Å²) in [5.41, 5.74) is 0.824. The first kappa shape index (κ1) is 13.5. The highest BCUT2D eigenvalue weighted by atomic mass is 35.5. The molecular weight excluding hydrogens is 329 g/mol. The number of rotatable bonds is 1. The van der Waals surface area contributed by atoms with Gasteiger partial charge in [0.05, 0.1) is 25.1 Å². The Hall–Kier alpha value is 1.02. The van der Waals surface area contributed by atoms with E-state index in [1.54, 1.807) is 0 Å². The fourth-order valence-electron chi connectivity index (χ4n) is 1.71. The molecule has 1 heterocycles. The third-order valence-electron chi connectivity index (χ3n) is 2.50. The van der Waals surface area contributed by atoms with Crippen molar-refractivity contribution >= 4 is 69.8 Å². The summed E-state index contributed by atoms with van der Waals surface area (Å²) in [5, 5.41) is 1.94. The first-order valence-electron chi connectivity index (χ1n) is 4.67. The second-order valence-corrected chi connectivity index (χ2v) is 6.69. The molecule has 0 aromatic heterocycles. The SMILES string of the molecule is Clc1c(Cl)c(Cl)c(C2CCCS2)c(Cl)c1Cl. The number of hydrogen-bond donors (Lipinski definition) is 0. The predicted molar refractivity (Wildman–Crippen MR) is 75.9 cm³/mol. The van der Waals surface area contributed by atoms with Gasteiger partial charge < -0.3 is 0 Å².